The summed E-state index contributed by atoms with van der Waals surface area (Å²) in [5.74, 6) is 0.431. The van der Waals surface area contributed by atoms with E-state index in [0.29, 0.717) is 19.0 Å². The molecule has 5 heteroatoms. The molecule has 0 aliphatic carbocycles. The molecule has 1 saturated heterocycles. The van der Waals surface area contributed by atoms with Gasteiger partial charge >= 0.3 is 0 Å². The number of sulfonamides is 1. The summed E-state index contributed by atoms with van der Waals surface area (Å²) in [7, 11) is -3.00. The average Bonchev–Trinajstić information content (AvgIpc) is 2.01. The van der Waals surface area contributed by atoms with Crippen molar-refractivity contribution in [2.75, 3.05) is 19.3 Å². The van der Waals surface area contributed by atoms with E-state index in [0.717, 1.165) is 12.8 Å². The summed E-state index contributed by atoms with van der Waals surface area (Å²) in [6.07, 6.45) is 3.01. The lowest BCUT2D eigenvalue weighted by Gasteiger charge is -2.37. The van der Waals surface area contributed by atoms with Crippen LogP contribution in [0.1, 0.15) is 26.7 Å². The highest BCUT2D eigenvalue weighted by atomic mass is 32.2. The summed E-state index contributed by atoms with van der Waals surface area (Å²) >= 11 is 0. The number of nitrogens with zero attached hydrogens (tertiary/aromatic N) is 1. The van der Waals surface area contributed by atoms with Gasteiger partial charge in [-0.2, -0.15) is 0 Å². The van der Waals surface area contributed by atoms with Crippen LogP contribution in [0.2, 0.25) is 0 Å². The molecular weight excluding hydrogens is 200 g/mol. The molecule has 0 aromatic heterocycles. The Morgan fingerprint density at radius 3 is 2.00 bits per heavy atom. The zero-order valence-electron chi connectivity index (χ0n) is 9.16. The van der Waals surface area contributed by atoms with Crippen LogP contribution in [0.25, 0.3) is 0 Å². The summed E-state index contributed by atoms with van der Waals surface area (Å²) in [6, 6.07) is 0. The predicted octanol–water partition coefficient (Wildman–Crippen LogP) is 0.395. The van der Waals surface area contributed by atoms with E-state index in [9.17, 15) is 8.42 Å². The van der Waals surface area contributed by atoms with E-state index >= 15 is 0 Å². The van der Waals surface area contributed by atoms with Crippen molar-refractivity contribution in [1.82, 2.24) is 4.31 Å². The maximum Gasteiger partial charge on any atom is 0.211 e. The lowest BCUT2D eigenvalue weighted by atomic mass is 9.82. The molecule has 0 spiro atoms. The molecule has 84 valence electrons. The van der Waals surface area contributed by atoms with E-state index in [4.69, 9.17) is 5.73 Å². The number of nitrogens with two attached hydrogens (primary N) is 1. The van der Waals surface area contributed by atoms with Crippen molar-refractivity contribution in [3.8, 4) is 0 Å². The van der Waals surface area contributed by atoms with E-state index in [2.05, 4.69) is 0 Å². The molecule has 0 aromatic carbocycles. The Hall–Kier alpha value is -0.130. The average molecular weight is 220 g/mol. The van der Waals surface area contributed by atoms with Gasteiger partial charge in [0.1, 0.15) is 0 Å². The molecule has 1 rings (SSSR count). The molecule has 1 aliphatic rings. The van der Waals surface area contributed by atoms with Gasteiger partial charge < -0.3 is 5.73 Å². The topological polar surface area (TPSA) is 63.4 Å². The standard InChI is InChI=1S/C9H20N2O2S/c1-9(2,10)8-4-6-11(7-5-8)14(3,12)13/h8H,4-7,10H2,1-3H3. The second kappa shape index (κ2) is 3.79. The van der Waals surface area contributed by atoms with Crippen molar-refractivity contribution in [3.05, 3.63) is 0 Å². The van der Waals surface area contributed by atoms with Gasteiger partial charge in [0.2, 0.25) is 10.0 Å². The number of hydrogen-bond donors (Lipinski definition) is 1. The molecule has 1 aliphatic heterocycles. The minimum atomic E-state index is -3.00. The first-order valence-electron chi connectivity index (χ1n) is 4.95. The van der Waals surface area contributed by atoms with Crippen LogP contribution >= 0.6 is 0 Å². The van der Waals surface area contributed by atoms with Crippen LogP contribution in [0.5, 0.6) is 0 Å². The smallest absolute Gasteiger partial charge is 0.211 e. The van der Waals surface area contributed by atoms with E-state index in [1.54, 1.807) is 0 Å². The molecule has 0 radical (unpaired) electrons. The Morgan fingerprint density at radius 2 is 1.71 bits per heavy atom. The normalized spacial score (nSPS) is 22.6. The summed E-state index contributed by atoms with van der Waals surface area (Å²) in [6.45, 7) is 5.25. The van der Waals surface area contributed by atoms with Gasteiger partial charge in [-0.1, -0.05) is 0 Å². The summed E-state index contributed by atoms with van der Waals surface area (Å²) in [4.78, 5) is 0. The van der Waals surface area contributed by atoms with Gasteiger partial charge in [-0.25, -0.2) is 12.7 Å². The molecule has 4 nitrogen and oxygen atoms in total. The first-order chi connectivity index (χ1) is 6.21. The molecule has 1 heterocycles. The largest absolute Gasteiger partial charge is 0.325 e. The molecule has 0 saturated carbocycles. The predicted molar refractivity (Wildman–Crippen MR) is 57.4 cm³/mol. The van der Waals surface area contributed by atoms with Crippen molar-refractivity contribution in [2.45, 2.75) is 32.2 Å². The zero-order chi connectivity index (χ0) is 11.0. The van der Waals surface area contributed by atoms with Crippen LogP contribution < -0.4 is 5.73 Å². The summed E-state index contributed by atoms with van der Waals surface area (Å²) < 4.78 is 24.0. The zero-order valence-corrected chi connectivity index (χ0v) is 9.97. The fourth-order valence-corrected chi connectivity index (χ4v) is 2.81. The molecule has 0 bridgehead atoms. The second-order valence-electron chi connectivity index (χ2n) is 4.76. The molecule has 2 N–H and O–H groups in total. The summed E-state index contributed by atoms with van der Waals surface area (Å²) in [5.41, 5.74) is 5.81. The lowest BCUT2D eigenvalue weighted by molar-refractivity contribution is 0.201. The van der Waals surface area contributed by atoms with Gasteiger partial charge in [0.05, 0.1) is 6.26 Å². The van der Waals surface area contributed by atoms with Gasteiger partial charge in [-0.15, -0.1) is 0 Å². The molecule has 14 heavy (non-hydrogen) atoms. The lowest BCUT2D eigenvalue weighted by Crippen LogP contribution is -2.48. The molecule has 0 atom stereocenters. The fourth-order valence-electron chi connectivity index (χ4n) is 1.93. The Bertz CT molecular complexity index is 284. The van der Waals surface area contributed by atoms with E-state index in [-0.39, 0.29) is 5.54 Å². The third-order valence-corrected chi connectivity index (χ3v) is 4.28. The molecular formula is C9H20N2O2S. The fraction of sp³-hybridized carbons (Fsp3) is 1.00. The van der Waals surface area contributed by atoms with Gasteiger partial charge in [-0.3, -0.25) is 0 Å². The van der Waals surface area contributed by atoms with Crippen molar-refractivity contribution in [2.24, 2.45) is 11.7 Å². The first-order valence-corrected chi connectivity index (χ1v) is 6.80. The Kier molecular flexibility index (Phi) is 3.23. The van der Waals surface area contributed by atoms with Crippen LogP contribution in [-0.4, -0.2) is 37.6 Å². The quantitative estimate of drug-likeness (QED) is 0.732. The molecule has 1 fully saturated rings. The Balaban J connectivity index is 2.56. The monoisotopic (exact) mass is 220 g/mol. The number of piperidine rings is 1. The van der Waals surface area contributed by atoms with Crippen molar-refractivity contribution in [1.29, 1.82) is 0 Å². The first kappa shape index (κ1) is 11.9. The van der Waals surface area contributed by atoms with Crippen LogP contribution in [-0.2, 0) is 10.0 Å². The van der Waals surface area contributed by atoms with Gasteiger partial charge in [0, 0.05) is 18.6 Å². The molecule has 0 amide bonds. The van der Waals surface area contributed by atoms with Gasteiger partial charge in [-0.05, 0) is 32.6 Å². The maximum atomic E-state index is 11.2. The van der Waals surface area contributed by atoms with Crippen molar-refractivity contribution >= 4 is 10.0 Å². The van der Waals surface area contributed by atoms with Crippen molar-refractivity contribution < 1.29 is 8.42 Å². The highest BCUT2D eigenvalue weighted by Gasteiger charge is 2.31. The third kappa shape index (κ3) is 2.93. The SMILES string of the molecule is CC(C)(N)C1CCN(S(C)(=O)=O)CC1. The van der Waals surface area contributed by atoms with Gasteiger partial charge in [0.25, 0.3) is 0 Å². The third-order valence-electron chi connectivity index (χ3n) is 2.98. The van der Waals surface area contributed by atoms with E-state index < -0.39 is 10.0 Å². The van der Waals surface area contributed by atoms with Crippen molar-refractivity contribution in [3.63, 3.8) is 0 Å². The van der Waals surface area contributed by atoms with Gasteiger partial charge in [0.15, 0.2) is 0 Å². The highest BCUT2D eigenvalue weighted by molar-refractivity contribution is 7.88. The summed E-state index contributed by atoms with van der Waals surface area (Å²) in [5, 5.41) is 0. The van der Waals surface area contributed by atoms with Crippen LogP contribution in [0.15, 0.2) is 0 Å². The van der Waals surface area contributed by atoms with Crippen LogP contribution in [0.3, 0.4) is 0 Å². The van der Waals surface area contributed by atoms with E-state index in [1.807, 2.05) is 13.8 Å². The van der Waals surface area contributed by atoms with Crippen LogP contribution in [0, 0.1) is 5.92 Å². The second-order valence-corrected chi connectivity index (χ2v) is 6.74. The van der Waals surface area contributed by atoms with Crippen LogP contribution in [0.4, 0.5) is 0 Å². The highest BCUT2D eigenvalue weighted by Crippen LogP contribution is 2.26. The Morgan fingerprint density at radius 1 is 1.29 bits per heavy atom. The molecule has 0 unspecified atom stereocenters. The Labute approximate surface area is 86.5 Å². The minimum absolute atomic E-state index is 0.191. The minimum Gasteiger partial charge on any atom is -0.325 e. The molecule has 0 aromatic rings. The number of rotatable bonds is 2. The van der Waals surface area contributed by atoms with E-state index in [1.165, 1.54) is 10.6 Å². The maximum absolute atomic E-state index is 11.2. The number of hydrogen-bond acceptors (Lipinski definition) is 3.